The van der Waals surface area contributed by atoms with E-state index in [2.05, 4.69) is 20.3 Å². The molecule has 0 fully saturated rings. The third kappa shape index (κ3) is 1.77. The highest BCUT2D eigenvalue weighted by Crippen LogP contribution is 2.36. The Balaban J connectivity index is 1.89. The van der Waals surface area contributed by atoms with E-state index in [1.54, 1.807) is 4.68 Å². The summed E-state index contributed by atoms with van der Waals surface area (Å²) < 4.78 is 1.61. The van der Waals surface area contributed by atoms with Gasteiger partial charge in [-0.05, 0) is 48.7 Å². The monoisotopic (exact) mass is 313 g/mol. The SMILES string of the molecule is CC1(C)C(=O)Cc2cc(-n3nnc4cnc(Cl)nc43)ccc21. The van der Waals surface area contributed by atoms with Crippen LogP contribution in [0.2, 0.25) is 5.28 Å². The highest BCUT2D eigenvalue weighted by molar-refractivity contribution is 6.28. The van der Waals surface area contributed by atoms with Gasteiger partial charge in [-0.3, -0.25) is 4.79 Å². The van der Waals surface area contributed by atoms with Crippen LogP contribution in [0.25, 0.3) is 16.9 Å². The van der Waals surface area contributed by atoms with E-state index in [1.807, 2.05) is 32.0 Å². The number of carbonyl (C=O) groups excluding carboxylic acids is 1. The largest absolute Gasteiger partial charge is 0.298 e. The lowest BCUT2D eigenvalue weighted by Gasteiger charge is -2.17. The number of halogens is 1. The first-order valence-electron chi connectivity index (χ1n) is 6.88. The number of aromatic nitrogens is 5. The third-order valence-corrected chi connectivity index (χ3v) is 4.40. The number of hydrogen-bond acceptors (Lipinski definition) is 5. The second kappa shape index (κ2) is 4.33. The van der Waals surface area contributed by atoms with E-state index in [1.165, 1.54) is 6.20 Å². The van der Waals surface area contributed by atoms with Crippen LogP contribution in [0.4, 0.5) is 0 Å². The van der Waals surface area contributed by atoms with E-state index in [-0.39, 0.29) is 11.1 Å². The molecule has 7 heteroatoms. The normalized spacial score (nSPS) is 16.2. The Labute approximate surface area is 131 Å². The lowest BCUT2D eigenvalue weighted by atomic mass is 9.86. The summed E-state index contributed by atoms with van der Waals surface area (Å²) in [6.45, 7) is 3.91. The molecule has 110 valence electrons. The summed E-state index contributed by atoms with van der Waals surface area (Å²) in [5.41, 5.74) is 3.59. The molecule has 0 aliphatic heterocycles. The molecule has 0 radical (unpaired) electrons. The number of ketones is 1. The molecule has 0 saturated heterocycles. The van der Waals surface area contributed by atoms with Crippen molar-refractivity contribution in [2.45, 2.75) is 25.7 Å². The minimum Gasteiger partial charge on any atom is -0.298 e. The van der Waals surface area contributed by atoms with Crippen LogP contribution in [0.3, 0.4) is 0 Å². The maximum Gasteiger partial charge on any atom is 0.224 e. The van der Waals surface area contributed by atoms with Gasteiger partial charge in [0.1, 0.15) is 5.78 Å². The fraction of sp³-hybridized carbons (Fsp3) is 0.267. The van der Waals surface area contributed by atoms with E-state index in [0.717, 1.165) is 16.8 Å². The third-order valence-electron chi connectivity index (χ3n) is 4.22. The molecule has 0 unspecified atom stereocenters. The number of nitrogens with zero attached hydrogens (tertiary/aromatic N) is 5. The van der Waals surface area contributed by atoms with Crippen molar-refractivity contribution in [2.24, 2.45) is 0 Å². The molecule has 1 aliphatic carbocycles. The van der Waals surface area contributed by atoms with Crippen LogP contribution < -0.4 is 0 Å². The Hall–Kier alpha value is -2.34. The maximum atomic E-state index is 12.1. The Morgan fingerprint density at radius 1 is 1.32 bits per heavy atom. The van der Waals surface area contributed by atoms with Gasteiger partial charge >= 0.3 is 0 Å². The molecule has 0 bridgehead atoms. The lowest BCUT2D eigenvalue weighted by molar-refractivity contribution is -0.121. The molecule has 0 saturated carbocycles. The van der Waals surface area contributed by atoms with Gasteiger partial charge in [0, 0.05) is 11.8 Å². The Bertz CT molecular complexity index is 931. The topological polar surface area (TPSA) is 73.6 Å². The summed E-state index contributed by atoms with van der Waals surface area (Å²) in [6, 6.07) is 5.86. The van der Waals surface area contributed by atoms with Gasteiger partial charge in [-0.1, -0.05) is 11.3 Å². The minimum atomic E-state index is -0.427. The zero-order valence-electron chi connectivity index (χ0n) is 12.0. The summed E-state index contributed by atoms with van der Waals surface area (Å²) >= 11 is 5.85. The molecular formula is C15H12ClN5O. The maximum absolute atomic E-state index is 12.1. The highest BCUT2D eigenvalue weighted by Gasteiger charge is 2.37. The van der Waals surface area contributed by atoms with E-state index < -0.39 is 5.41 Å². The fourth-order valence-electron chi connectivity index (χ4n) is 2.89. The van der Waals surface area contributed by atoms with E-state index in [4.69, 9.17) is 11.6 Å². The molecule has 6 nitrogen and oxygen atoms in total. The Morgan fingerprint density at radius 2 is 2.14 bits per heavy atom. The van der Waals surface area contributed by atoms with Crippen molar-refractivity contribution in [1.29, 1.82) is 0 Å². The average molecular weight is 314 g/mol. The van der Waals surface area contributed by atoms with Gasteiger partial charge in [0.05, 0.1) is 11.9 Å². The molecule has 2 aromatic heterocycles. The molecule has 1 aliphatic rings. The van der Waals surface area contributed by atoms with Gasteiger partial charge in [0.2, 0.25) is 5.28 Å². The first-order valence-corrected chi connectivity index (χ1v) is 7.25. The molecule has 2 heterocycles. The van der Waals surface area contributed by atoms with Crippen LogP contribution in [0, 0.1) is 0 Å². The van der Waals surface area contributed by atoms with Gasteiger partial charge in [0.15, 0.2) is 11.2 Å². The number of fused-ring (bicyclic) bond motifs is 2. The van der Waals surface area contributed by atoms with Crippen molar-refractivity contribution < 1.29 is 4.79 Å². The Morgan fingerprint density at radius 3 is 2.95 bits per heavy atom. The molecule has 0 N–H and O–H groups in total. The summed E-state index contributed by atoms with van der Waals surface area (Å²) in [6.07, 6.45) is 1.98. The number of carbonyl (C=O) groups is 1. The second-order valence-electron chi connectivity index (χ2n) is 5.92. The number of benzene rings is 1. The van der Waals surface area contributed by atoms with Crippen molar-refractivity contribution in [1.82, 2.24) is 25.0 Å². The van der Waals surface area contributed by atoms with E-state index >= 15 is 0 Å². The number of Topliss-reactive ketones (excluding diaryl/α,β-unsaturated/α-hetero) is 1. The smallest absolute Gasteiger partial charge is 0.224 e. The molecular weight excluding hydrogens is 302 g/mol. The predicted molar refractivity (Wildman–Crippen MR) is 81.2 cm³/mol. The van der Waals surface area contributed by atoms with Gasteiger partial charge < -0.3 is 0 Å². The average Bonchev–Trinajstić information content (AvgIpc) is 2.98. The summed E-state index contributed by atoms with van der Waals surface area (Å²) in [5.74, 6) is 0.230. The van der Waals surface area contributed by atoms with E-state index in [9.17, 15) is 4.79 Å². The highest BCUT2D eigenvalue weighted by atomic mass is 35.5. The summed E-state index contributed by atoms with van der Waals surface area (Å²) in [7, 11) is 0. The fourth-order valence-corrected chi connectivity index (χ4v) is 3.02. The predicted octanol–water partition coefficient (Wildman–Crippen LogP) is 2.27. The lowest BCUT2D eigenvalue weighted by Crippen LogP contribution is -2.23. The van der Waals surface area contributed by atoms with Crippen molar-refractivity contribution in [3.8, 4) is 5.69 Å². The summed E-state index contributed by atoms with van der Waals surface area (Å²) in [4.78, 5) is 20.2. The van der Waals surface area contributed by atoms with Crippen molar-refractivity contribution >= 4 is 28.5 Å². The van der Waals surface area contributed by atoms with Crippen LogP contribution in [-0.4, -0.2) is 30.7 Å². The first kappa shape index (κ1) is 13.3. The van der Waals surface area contributed by atoms with Crippen molar-refractivity contribution in [2.75, 3.05) is 0 Å². The van der Waals surface area contributed by atoms with Gasteiger partial charge in [-0.25, -0.2) is 4.98 Å². The van der Waals surface area contributed by atoms with Crippen LogP contribution in [0.15, 0.2) is 24.4 Å². The summed E-state index contributed by atoms with van der Waals surface area (Å²) in [5, 5.41) is 8.29. The minimum absolute atomic E-state index is 0.147. The van der Waals surface area contributed by atoms with Gasteiger partial charge in [0.25, 0.3) is 0 Å². The quantitative estimate of drug-likeness (QED) is 0.644. The zero-order chi connectivity index (χ0) is 15.5. The van der Waals surface area contributed by atoms with Crippen molar-refractivity contribution in [3.05, 3.63) is 40.8 Å². The van der Waals surface area contributed by atoms with E-state index in [0.29, 0.717) is 17.6 Å². The number of rotatable bonds is 1. The first-order chi connectivity index (χ1) is 10.5. The van der Waals surface area contributed by atoms with Crippen LogP contribution in [0.5, 0.6) is 0 Å². The zero-order valence-corrected chi connectivity index (χ0v) is 12.8. The van der Waals surface area contributed by atoms with Gasteiger partial charge in [-0.2, -0.15) is 9.67 Å². The molecule has 0 amide bonds. The van der Waals surface area contributed by atoms with Crippen LogP contribution >= 0.6 is 11.6 Å². The van der Waals surface area contributed by atoms with Gasteiger partial charge in [-0.15, -0.1) is 5.10 Å². The molecule has 22 heavy (non-hydrogen) atoms. The molecule has 4 rings (SSSR count). The second-order valence-corrected chi connectivity index (χ2v) is 6.25. The van der Waals surface area contributed by atoms with Crippen molar-refractivity contribution in [3.63, 3.8) is 0 Å². The standard InChI is InChI=1S/C15H12ClN5O/c1-15(2)10-4-3-9(5-8(10)6-12(15)22)21-13-11(19-20-21)7-17-14(16)18-13/h3-5,7H,6H2,1-2H3. The number of hydrogen-bond donors (Lipinski definition) is 0. The Kier molecular flexibility index (Phi) is 2.62. The molecule has 0 atom stereocenters. The van der Waals surface area contributed by atoms with Crippen LogP contribution in [0.1, 0.15) is 25.0 Å². The molecule has 3 aromatic rings. The van der Waals surface area contributed by atoms with Crippen LogP contribution in [-0.2, 0) is 16.6 Å². The molecule has 1 aromatic carbocycles. The molecule has 0 spiro atoms.